The van der Waals surface area contributed by atoms with Gasteiger partial charge in [-0.3, -0.25) is 4.90 Å². The van der Waals surface area contributed by atoms with Crippen molar-refractivity contribution < 1.29 is 34.4 Å². The van der Waals surface area contributed by atoms with Crippen LogP contribution in [-0.2, 0) is 16.0 Å². The molecule has 1 fully saturated rings. The van der Waals surface area contributed by atoms with Crippen molar-refractivity contribution in [1.82, 2.24) is 9.80 Å². The first-order chi connectivity index (χ1) is 20.8. The number of carboxylic acids is 2. The maximum absolute atomic E-state index is 11.2. The lowest BCUT2D eigenvalue weighted by molar-refractivity contribution is -0.134. The second-order valence-corrected chi connectivity index (χ2v) is 10.7. The van der Waals surface area contributed by atoms with E-state index in [0.29, 0.717) is 17.9 Å². The summed E-state index contributed by atoms with van der Waals surface area (Å²) in [5.74, 6) is -0.863. The van der Waals surface area contributed by atoms with Crippen molar-refractivity contribution in [3.63, 3.8) is 0 Å². The number of rotatable bonds is 9. The highest BCUT2D eigenvalue weighted by molar-refractivity contribution is 5.89. The quantitative estimate of drug-likeness (QED) is 0.312. The van der Waals surface area contributed by atoms with Crippen molar-refractivity contribution in [2.24, 2.45) is 5.92 Å². The number of hydrogen-bond acceptors (Lipinski definition) is 7. The first-order valence-electron chi connectivity index (χ1n) is 14.4. The van der Waals surface area contributed by atoms with E-state index in [4.69, 9.17) is 19.7 Å². The van der Waals surface area contributed by atoms with Crippen LogP contribution in [0.2, 0.25) is 0 Å². The lowest BCUT2D eigenvalue weighted by atomic mass is 9.80. The molecule has 9 heteroatoms. The van der Waals surface area contributed by atoms with Crippen LogP contribution in [-0.4, -0.2) is 84.0 Å². The number of aliphatic carboxylic acids is 2. The third-order valence-electron chi connectivity index (χ3n) is 8.06. The maximum atomic E-state index is 11.2. The van der Waals surface area contributed by atoms with Crippen molar-refractivity contribution in [3.8, 4) is 11.5 Å². The van der Waals surface area contributed by atoms with Gasteiger partial charge in [0, 0.05) is 50.8 Å². The van der Waals surface area contributed by atoms with E-state index >= 15 is 0 Å². The lowest BCUT2D eigenvalue weighted by Gasteiger charge is -2.42. The summed E-state index contributed by atoms with van der Waals surface area (Å²) in [7, 11) is 3.31. The number of methoxy groups -OCH3 is 2. The molecule has 5 rings (SSSR count). The van der Waals surface area contributed by atoms with Crippen molar-refractivity contribution in [2.75, 3.05) is 46.9 Å². The Bertz CT molecular complexity index is 1320. The molecule has 0 bridgehead atoms. The Kier molecular flexibility index (Phi) is 11.3. The molecule has 2 unspecified atom stereocenters. The summed E-state index contributed by atoms with van der Waals surface area (Å²) in [6.07, 6.45) is 2.59. The van der Waals surface area contributed by atoms with E-state index in [2.05, 4.69) is 70.5 Å². The molecule has 3 aromatic carbocycles. The number of aryl methyl sites for hydroxylation is 1. The van der Waals surface area contributed by atoms with Gasteiger partial charge in [-0.15, -0.1) is 0 Å². The third-order valence-corrected chi connectivity index (χ3v) is 8.06. The van der Waals surface area contributed by atoms with Crippen LogP contribution in [0.5, 0.6) is 11.5 Å². The summed E-state index contributed by atoms with van der Waals surface area (Å²) in [5, 5.41) is 26.9. The van der Waals surface area contributed by atoms with Gasteiger partial charge in [-0.1, -0.05) is 60.7 Å². The van der Waals surface area contributed by atoms with Crippen LogP contribution in [0.3, 0.4) is 0 Å². The number of nitrogens with zero attached hydrogens (tertiary/aromatic N) is 2. The van der Waals surface area contributed by atoms with E-state index in [9.17, 15) is 14.7 Å². The number of aliphatic hydroxyl groups excluding tert-OH is 1. The van der Waals surface area contributed by atoms with Gasteiger partial charge in [0.05, 0.1) is 26.4 Å². The SMILES string of the molecule is COc1cc2c(cc1OC)C(O)C(CN1CCN(C(c3ccccc3)c3ccccc3)CC1)CC2.O=C(O)/C=C/C(=O)O. The molecule has 43 heavy (non-hydrogen) atoms. The molecule has 9 nitrogen and oxygen atoms in total. The predicted molar refractivity (Wildman–Crippen MR) is 163 cm³/mol. The number of carbonyl (C=O) groups is 2. The number of ether oxygens (including phenoxy) is 2. The normalized spacial score (nSPS) is 18.9. The summed E-state index contributed by atoms with van der Waals surface area (Å²) in [6.45, 7) is 4.97. The second-order valence-electron chi connectivity index (χ2n) is 10.7. The van der Waals surface area contributed by atoms with E-state index in [1.54, 1.807) is 14.2 Å². The predicted octanol–water partition coefficient (Wildman–Crippen LogP) is 4.42. The molecule has 1 aliphatic heterocycles. The first-order valence-corrected chi connectivity index (χ1v) is 14.4. The smallest absolute Gasteiger partial charge is 0.328 e. The van der Waals surface area contributed by atoms with Crippen molar-refractivity contribution >= 4 is 11.9 Å². The van der Waals surface area contributed by atoms with Crippen molar-refractivity contribution in [2.45, 2.75) is 25.0 Å². The Morgan fingerprint density at radius 1 is 0.837 bits per heavy atom. The molecule has 0 aromatic heterocycles. The fraction of sp³-hybridized carbons (Fsp3) is 0.353. The van der Waals surface area contributed by atoms with Crippen molar-refractivity contribution in [3.05, 3.63) is 107 Å². The molecule has 2 atom stereocenters. The van der Waals surface area contributed by atoms with Gasteiger partial charge in [0.1, 0.15) is 0 Å². The van der Waals surface area contributed by atoms with Crippen LogP contribution in [0.15, 0.2) is 84.9 Å². The van der Waals surface area contributed by atoms with Gasteiger partial charge in [-0.05, 0) is 47.2 Å². The van der Waals surface area contributed by atoms with Gasteiger partial charge in [0.2, 0.25) is 0 Å². The summed E-state index contributed by atoms with van der Waals surface area (Å²) in [4.78, 5) is 24.2. The standard InChI is InChI=1S/C30H36N2O3.C4H4O4/c1-34-27-19-24-13-14-25(30(33)26(24)20-28(27)35-2)21-31-15-17-32(18-16-31)29(22-9-5-3-6-10-22)23-11-7-4-8-12-23;5-3(6)1-2-4(7)8/h3-12,19-20,25,29-30,33H,13-18,21H2,1-2H3;1-2H,(H,5,6)(H,7,8)/b;2-1+. The van der Waals surface area contributed by atoms with E-state index in [1.165, 1.54) is 16.7 Å². The van der Waals surface area contributed by atoms with Crippen LogP contribution in [0.4, 0.5) is 0 Å². The minimum Gasteiger partial charge on any atom is -0.493 e. The molecule has 3 aromatic rings. The summed E-state index contributed by atoms with van der Waals surface area (Å²) >= 11 is 0. The molecule has 228 valence electrons. The number of hydrogen-bond donors (Lipinski definition) is 3. The molecular formula is C34H40N2O7. The average molecular weight is 589 g/mol. The topological polar surface area (TPSA) is 120 Å². The average Bonchev–Trinajstić information content (AvgIpc) is 3.03. The van der Waals surface area contributed by atoms with Crippen LogP contribution in [0, 0.1) is 5.92 Å². The van der Waals surface area contributed by atoms with E-state index in [-0.39, 0.29) is 12.0 Å². The zero-order valence-corrected chi connectivity index (χ0v) is 24.6. The van der Waals surface area contributed by atoms with E-state index in [1.807, 2.05) is 12.1 Å². The number of aliphatic hydroxyl groups is 1. The highest BCUT2D eigenvalue weighted by Crippen LogP contribution is 2.41. The molecule has 3 N–H and O–H groups in total. The molecule has 0 spiro atoms. The number of fused-ring (bicyclic) bond motifs is 1. The van der Waals surface area contributed by atoms with Crippen LogP contribution >= 0.6 is 0 Å². The largest absolute Gasteiger partial charge is 0.493 e. The Labute approximate surface area is 252 Å². The highest BCUT2D eigenvalue weighted by atomic mass is 16.5. The van der Waals surface area contributed by atoms with Gasteiger partial charge < -0.3 is 29.7 Å². The molecular weight excluding hydrogens is 548 g/mol. The van der Waals surface area contributed by atoms with Gasteiger partial charge in [0.15, 0.2) is 11.5 Å². The number of benzene rings is 3. The fourth-order valence-corrected chi connectivity index (χ4v) is 5.94. The van der Waals surface area contributed by atoms with E-state index in [0.717, 1.165) is 56.9 Å². The summed E-state index contributed by atoms with van der Waals surface area (Å²) in [6, 6.07) is 25.9. The fourth-order valence-electron chi connectivity index (χ4n) is 5.94. The monoisotopic (exact) mass is 588 g/mol. The Balaban J connectivity index is 0.000000467. The zero-order chi connectivity index (χ0) is 30.8. The molecule has 0 saturated carbocycles. The highest BCUT2D eigenvalue weighted by Gasteiger charge is 2.33. The van der Waals surface area contributed by atoms with E-state index < -0.39 is 18.0 Å². The van der Waals surface area contributed by atoms with Crippen molar-refractivity contribution in [1.29, 1.82) is 0 Å². The molecule has 0 radical (unpaired) electrons. The molecule has 0 amide bonds. The van der Waals surface area contributed by atoms with Crippen LogP contribution in [0.25, 0.3) is 0 Å². The zero-order valence-electron chi connectivity index (χ0n) is 24.6. The lowest BCUT2D eigenvalue weighted by Crippen LogP contribution is -2.49. The molecule has 2 aliphatic rings. The molecule has 1 aliphatic carbocycles. The van der Waals surface area contributed by atoms with Gasteiger partial charge in [-0.25, -0.2) is 9.59 Å². The maximum Gasteiger partial charge on any atom is 0.328 e. The Morgan fingerprint density at radius 3 is 1.84 bits per heavy atom. The summed E-state index contributed by atoms with van der Waals surface area (Å²) < 4.78 is 11.0. The Hall–Kier alpha value is -4.18. The first kappa shape index (κ1) is 31.7. The number of carboxylic acid groups (broad SMARTS) is 2. The van der Waals surface area contributed by atoms with Crippen LogP contribution in [0.1, 0.15) is 40.8 Å². The number of piperazine rings is 1. The second kappa shape index (κ2) is 15.3. The summed E-state index contributed by atoms with van der Waals surface area (Å²) in [5.41, 5.74) is 4.85. The van der Waals surface area contributed by atoms with Gasteiger partial charge in [-0.2, -0.15) is 0 Å². The minimum atomic E-state index is -1.26. The van der Waals surface area contributed by atoms with Crippen LogP contribution < -0.4 is 9.47 Å². The van der Waals surface area contributed by atoms with Gasteiger partial charge >= 0.3 is 11.9 Å². The Morgan fingerprint density at radius 2 is 1.35 bits per heavy atom. The third kappa shape index (κ3) is 8.44. The molecule has 1 heterocycles. The van der Waals surface area contributed by atoms with Gasteiger partial charge in [0.25, 0.3) is 0 Å². The minimum absolute atomic E-state index is 0.228. The molecule has 1 saturated heterocycles.